The van der Waals surface area contributed by atoms with Gasteiger partial charge in [0.05, 0.1) is 15.7 Å². The molecule has 0 fully saturated rings. The van der Waals surface area contributed by atoms with E-state index in [1.54, 1.807) is 12.1 Å². The van der Waals surface area contributed by atoms with Gasteiger partial charge in [0.2, 0.25) is 0 Å². The summed E-state index contributed by atoms with van der Waals surface area (Å²) in [6.45, 7) is 6.55. The van der Waals surface area contributed by atoms with Crippen LogP contribution in [0.15, 0.2) is 16.9 Å². The van der Waals surface area contributed by atoms with Gasteiger partial charge in [0.1, 0.15) is 0 Å². The Bertz CT molecular complexity index is 415. The third-order valence-corrected chi connectivity index (χ3v) is 8.01. The quantitative estimate of drug-likeness (QED) is 0.560. The van der Waals surface area contributed by atoms with E-state index in [1.165, 1.54) is 0 Å². The normalized spacial score (nSPS) is 11.6. The first-order valence-electron chi connectivity index (χ1n) is 5.72. The average molecular weight is 313 g/mol. The molecule has 1 rings (SSSR count). The molecule has 0 aliphatic carbocycles. The first kappa shape index (κ1) is 15.4. The summed E-state index contributed by atoms with van der Waals surface area (Å²) >= 11 is 18.2. The van der Waals surface area contributed by atoms with Crippen molar-refractivity contribution in [3.63, 3.8) is 0 Å². The van der Waals surface area contributed by atoms with E-state index in [4.69, 9.17) is 39.5 Å². The van der Waals surface area contributed by atoms with Crippen molar-refractivity contribution in [2.45, 2.75) is 20.8 Å². The Labute approximate surface area is 119 Å². The highest BCUT2D eigenvalue weighted by molar-refractivity contribution is 7.66. The molecule has 0 amide bonds. The second kappa shape index (κ2) is 6.48. The Morgan fingerprint density at radius 1 is 0.941 bits per heavy atom. The number of rotatable bonds is 4. The minimum Gasteiger partial charge on any atom is -0.264 e. The molecule has 5 heteroatoms. The van der Waals surface area contributed by atoms with Crippen molar-refractivity contribution < 1.29 is 0 Å². The largest absolute Gasteiger partial charge is 0.264 e. The van der Waals surface area contributed by atoms with Crippen molar-refractivity contribution in [2.75, 3.05) is 18.5 Å². The average Bonchev–Trinajstić information content (AvgIpc) is 2.29. The molecule has 0 radical (unpaired) electrons. The van der Waals surface area contributed by atoms with E-state index >= 15 is 0 Å². The molecule has 0 saturated heterocycles. The maximum absolute atomic E-state index is 6.17. The minimum atomic E-state index is -1.32. The zero-order chi connectivity index (χ0) is 13.1. The summed E-state index contributed by atoms with van der Waals surface area (Å²) < 4.78 is 4.87. The van der Waals surface area contributed by atoms with Gasteiger partial charge in [0, 0.05) is 5.02 Å². The van der Waals surface area contributed by atoms with E-state index in [1.807, 2.05) is 0 Å². The second-order valence-electron chi connectivity index (χ2n) is 3.86. The molecule has 1 aromatic carbocycles. The highest BCUT2D eigenvalue weighted by Gasteiger charge is 2.15. The molecular formula is C12H17Cl3NP. The van der Waals surface area contributed by atoms with Crippen LogP contribution in [0.3, 0.4) is 0 Å². The van der Waals surface area contributed by atoms with Gasteiger partial charge in [-0.3, -0.25) is 4.74 Å². The molecule has 1 aromatic rings. The van der Waals surface area contributed by atoms with Gasteiger partial charge in [-0.25, -0.2) is 0 Å². The van der Waals surface area contributed by atoms with Crippen LogP contribution in [-0.2, 0) is 0 Å². The summed E-state index contributed by atoms with van der Waals surface area (Å²) in [5.74, 6) is 0. The first-order chi connectivity index (χ1) is 7.98. The van der Waals surface area contributed by atoms with Crippen molar-refractivity contribution in [1.29, 1.82) is 0 Å². The third-order valence-electron chi connectivity index (χ3n) is 3.06. The Kier molecular flexibility index (Phi) is 5.86. The molecule has 17 heavy (non-hydrogen) atoms. The van der Waals surface area contributed by atoms with Crippen molar-refractivity contribution in [2.24, 2.45) is 4.74 Å². The van der Waals surface area contributed by atoms with Gasteiger partial charge in [0.15, 0.2) is 0 Å². The highest BCUT2D eigenvalue weighted by Crippen LogP contribution is 2.53. The van der Waals surface area contributed by atoms with Gasteiger partial charge in [-0.15, -0.1) is 0 Å². The predicted molar refractivity (Wildman–Crippen MR) is 82.1 cm³/mol. The number of halogens is 3. The molecule has 1 nitrogen and oxygen atoms in total. The fourth-order valence-corrected chi connectivity index (χ4v) is 5.15. The smallest absolute Gasteiger partial charge is 0.0986 e. The summed E-state index contributed by atoms with van der Waals surface area (Å²) in [4.78, 5) is 0. The lowest BCUT2D eigenvalue weighted by molar-refractivity contribution is 1.30. The molecule has 0 aliphatic rings. The SMILES string of the molecule is CCP(CC)(CC)=Nc1c(Cl)cc(Cl)cc1Cl. The van der Waals surface area contributed by atoms with Crippen LogP contribution in [0, 0.1) is 0 Å². The van der Waals surface area contributed by atoms with Crippen LogP contribution >= 0.6 is 41.9 Å². The lowest BCUT2D eigenvalue weighted by Crippen LogP contribution is -1.92. The summed E-state index contributed by atoms with van der Waals surface area (Å²) in [6.07, 6.45) is 3.24. The number of hydrogen-bond donors (Lipinski definition) is 0. The van der Waals surface area contributed by atoms with Crippen LogP contribution in [0.2, 0.25) is 15.1 Å². The number of hydrogen-bond acceptors (Lipinski definition) is 1. The highest BCUT2D eigenvalue weighted by atomic mass is 35.5. The summed E-state index contributed by atoms with van der Waals surface area (Å²) in [5.41, 5.74) is 0.705. The number of nitrogens with zero attached hydrogens (tertiary/aromatic N) is 1. The molecule has 0 heterocycles. The molecule has 0 aliphatic heterocycles. The Morgan fingerprint density at radius 3 is 1.71 bits per heavy atom. The first-order valence-corrected chi connectivity index (χ1v) is 9.15. The fraction of sp³-hybridized carbons (Fsp3) is 0.500. The van der Waals surface area contributed by atoms with Crippen LogP contribution in [0.1, 0.15) is 20.8 Å². The molecule has 0 spiro atoms. The van der Waals surface area contributed by atoms with E-state index in [2.05, 4.69) is 20.8 Å². The van der Waals surface area contributed by atoms with Gasteiger partial charge in [-0.1, -0.05) is 55.6 Å². The van der Waals surface area contributed by atoms with Crippen LogP contribution in [0.4, 0.5) is 5.69 Å². The van der Waals surface area contributed by atoms with Crippen molar-refractivity contribution in [3.05, 3.63) is 27.2 Å². The van der Waals surface area contributed by atoms with Crippen LogP contribution in [0.5, 0.6) is 0 Å². The molecule has 0 unspecified atom stereocenters. The van der Waals surface area contributed by atoms with E-state index < -0.39 is 7.05 Å². The monoisotopic (exact) mass is 311 g/mol. The lowest BCUT2D eigenvalue weighted by Gasteiger charge is -2.20. The topological polar surface area (TPSA) is 12.4 Å². The summed E-state index contributed by atoms with van der Waals surface area (Å²) in [7, 11) is -1.32. The van der Waals surface area contributed by atoms with Crippen molar-refractivity contribution >= 4 is 47.5 Å². The fourth-order valence-electron chi connectivity index (χ4n) is 1.73. The molecular weight excluding hydrogens is 295 g/mol. The van der Waals surface area contributed by atoms with Gasteiger partial charge in [-0.05, 0) is 37.7 Å². The maximum atomic E-state index is 6.17. The zero-order valence-electron chi connectivity index (χ0n) is 10.3. The van der Waals surface area contributed by atoms with Gasteiger partial charge in [0.25, 0.3) is 0 Å². The van der Waals surface area contributed by atoms with Crippen LogP contribution in [-0.4, -0.2) is 18.5 Å². The van der Waals surface area contributed by atoms with Crippen molar-refractivity contribution in [1.82, 2.24) is 0 Å². The van der Waals surface area contributed by atoms with Gasteiger partial charge < -0.3 is 0 Å². The van der Waals surface area contributed by atoms with Gasteiger partial charge >= 0.3 is 0 Å². The van der Waals surface area contributed by atoms with Gasteiger partial charge in [-0.2, -0.15) is 0 Å². The molecule has 0 N–H and O–H groups in total. The predicted octanol–water partition coefficient (Wildman–Crippen LogP) is 6.54. The zero-order valence-corrected chi connectivity index (χ0v) is 13.5. The lowest BCUT2D eigenvalue weighted by atomic mass is 10.3. The molecule has 0 aromatic heterocycles. The van der Waals surface area contributed by atoms with E-state index in [-0.39, 0.29) is 0 Å². The molecule has 96 valence electrons. The molecule has 0 atom stereocenters. The molecule has 0 saturated carbocycles. The maximum Gasteiger partial charge on any atom is 0.0986 e. The Balaban J connectivity index is 3.39. The van der Waals surface area contributed by atoms with Crippen molar-refractivity contribution in [3.8, 4) is 0 Å². The third kappa shape index (κ3) is 3.64. The van der Waals surface area contributed by atoms with E-state index in [9.17, 15) is 0 Å². The number of benzene rings is 1. The molecule has 0 bridgehead atoms. The Morgan fingerprint density at radius 2 is 1.35 bits per heavy atom. The van der Waals surface area contributed by atoms with E-state index in [0.29, 0.717) is 20.8 Å². The standard InChI is InChI=1S/C12H17Cl3NP/c1-4-17(5-2,6-3)16-12-10(14)7-9(13)8-11(12)15/h7-8H,4-6H2,1-3H3. The van der Waals surface area contributed by atoms with Crippen LogP contribution < -0.4 is 0 Å². The van der Waals surface area contributed by atoms with E-state index in [0.717, 1.165) is 18.5 Å². The van der Waals surface area contributed by atoms with Crippen LogP contribution in [0.25, 0.3) is 0 Å². The minimum absolute atomic E-state index is 0.544. The second-order valence-corrected chi connectivity index (χ2v) is 9.40. The summed E-state index contributed by atoms with van der Waals surface area (Å²) in [6, 6.07) is 3.40. The summed E-state index contributed by atoms with van der Waals surface area (Å²) in [5, 5.41) is 1.64. The Hall–Kier alpha value is 0.320.